The molecule has 7 nitrogen and oxygen atoms in total. The Hall–Kier alpha value is -4.07. The van der Waals surface area contributed by atoms with Crippen molar-refractivity contribution in [2.24, 2.45) is 0 Å². The van der Waals surface area contributed by atoms with Gasteiger partial charge in [-0.1, -0.05) is 114 Å². The van der Waals surface area contributed by atoms with Crippen LogP contribution >= 0.6 is 15.9 Å². The van der Waals surface area contributed by atoms with Crippen LogP contribution < -0.4 is 24.3 Å². The van der Waals surface area contributed by atoms with Crippen molar-refractivity contribution in [1.29, 1.82) is 0 Å². The standard InChI is InChI=1S/C24H24BNO2.C18H12BrN.C9H19BO3.C4H9.Li/c1-23(2)24(3,4)28-25(27-23)17-14-15-22-20(16-17)19-12-8-9-13-21(19)26(22)18-10-6-5-7-11-18;19-13-10-11-18-16(12-13)15-8-4-5-9-17(15)20(18)14-6-2-1-3-7-14;1-7(2)11-10-12-8(3,4)9(5,6)13-10;1-3-4-2;/h5-16H,1-4H3;1-12H;7H,1-6H3;1,3-4H2,2H3;/q;;;-1;+1/i8D;4D;;;. The minimum Gasteiger partial charge on any atom is -0.399 e. The smallest absolute Gasteiger partial charge is 0.399 e. The second-order valence-electron chi connectivity index (χ2n) is 18.8. The Morgan fingerprint density at radius 1 is 0.576 bits per heavy atom. The number of unbranched alkanes of at least 4 members (excludes halogenated alkanes) is 1. The average Bonchev–Trinajstić information content (AvgIpc) is 3.91. The summed E-state index contributed by atoms with van der Waals surface area (Å²) >= 11 is 3.55. The van der Waals surface area contributed by atoms with Crippen LogP contribution in [0, 0.1) is 6.92 Å². The first-order valence-corrected chi connectivity index (χ1v) is 23.5. The van der Waals surface area contributed by atoms with Crippen molar-refractivity contribution in [3.63, 3.8) is 0 Å². The molecule has 0 spiro atoms. The Bertz CT molecular complexity index is 2880. The summed E-state index contributed by atoms with van der Waals surface area (Å²) in [4.78, 5) is 0. The topological polar surface area (TPSA) is 56.0 Å². The fourth-order valence-electron chi connectivity index (χ4n) is 7.71. The monoisotopic (exact) mass is 942 g/mol. The predicted octanol–water partition coefficient (Wildman–Crippen LogP) is 11.3. The molecule has 2 fully saturated rings. The van der Waals surface area contributed by atoms with Crippen molar-refractivity contribution < 1.29 is 44.9 Å². The van der Waals surface area contributed by atoms with E-state index in [-0.39, 0.29) is 47.4 Å². The van der Waals surface area contributed by atoms with Crippen molar-refractivity contribution in [1.82, 2.24) is 9.13 Å². The summed E-state index contributed by atoms with van der Waals surface area (Å²) in [5, 5.41) is 4.44. The number of fused-ring (bicyclic) bond motifs is 6. The van der Waals surface area contributed by atoms with E-state index in [4.69, 9.17) is 26.0 Å². The molecule has 0 N–H and O–H groups in total. The molecule has 0 radical (unpaired) electrons. The molecule has 2 aliphatic heterocycles. The van der Waals surface area contributed by atoms with E-state index >= 15 is 0 Å². The summed E-state index contributed by atoms with van der Waals surface area (Å²) in [6.45, 7) is 26.0. The summed E-state index contributed by atoms with van der Waals surface area (Å²) in [5.74, 6) is 0. The molecule has 2 saturated heterocycles. The van der Waals surface area contributed by atoms with Gasteiger partial charge in [0.25, 0.3) is 0 Å². The van der Waals surface area contributed by atoms with Gasteiger partial charge in [0.05, 0.1) is 47.2 Å². The number of aromatic nitrogens is 2. The van der Waals surface area contributed by atoms with Crippen molar-refractivity contribution in [3.8, 4) is 11.4 Å². The van der Waals surface area contributed by atoms with Crippen molar-refractivity contribution >= 4 is 79.4 Å². The fourth-order valence-corrected chi connectivity index (χ4v) is 8.07. The van der Waals surface area contributed by atoms with Gasteiger partial charge in [-0.3, -0.25) is 0 Å². The Morgan fingerprint density at radius 2 is 0.985 bits per heavy atom. The second kappa shape index (κ2) is 21.1. The van der Waals surface area contributed by atoms with E-state index in [1.165, 1.54) is 6.42 Å². The van der Waals surface area contributed by atoms with E-state index in [9.17, 15) is 0 Å². The summed E-state index contributed by atoms with van der Waals surface area (Å²) in [5.41, 5.74) is 6.38. The van der Waals surface area contributed by atoms with Gasteiger partial charge in [-0.05, 0) is 135 Å². The molecule has 0 bridgehead atoms. The molecule has 0 amide bonds. The molecule has 338 valence electrons. The van der Waals surface area contributed by atoms with Crippen LogP contribution in [0.5, 0.6) is 0 Å². The van der Waals surface area contributed by atoms with E-state index in [1.807, 2.05) is 114 Å². The molecule has 11 heteroatoms. The number of hydrogen-bond donors (Lipinski definition) is 0. The van der Waals surface area contributed by atoms with Crippen molar-refractivity contribution in [2.75, 3.05) is 0 Å². The zero-order chi connectivity index (χ0) is 48.5. The van der Waals surface area contributed by atoms with Gasteiger partial charge in [-0.2, -0.15) is 6.42 Å². The SMILES string of the molecule is CC(C)OB1OC(C)(C)C(C)(C)O1.[2H]c1ccc2c(c1)c1cc(B3OC(C)(C)C(C)(C)O3)ccc1n2-c1ccccc1.[2H]c1ccc2c(c1)c1cc(Br)ccc1n2-c1ccccc1.[CH2-]CCC.[Li+]. The summed E-state index contributed by atoms with van der Waals surface area (Å²) in [6.07, 6.45) is 2.40. The van der Waals surface area contributed by atoms with Gasteiger partial charge in [0, 0.05) is 43.5 Å². The maximum atomic E-state index is 8.13. The maximum absolute atomic E-state index is 8.13. The molecule has 10 rings (SSSR count). The van der Waals surface area contributed by atoms with Crippen LogP contribution in [-0.2, 0) is 23.3 Å². The predicted molar refractivity (Wildman–Crippen MR) is 278 cm³/mol. The molecule has 0 aliphatic carbocycles. The van der Waals surface area contributed by atoms with Crippen LogP contribution in [-0.4, -0.2) is 52.1 Å². The number of para-hydroxylation sites is 4. The number of halogens is 1. The first-order chi connectivity index (χ1) is 31.7. The molecular weight excluding hydrogens is 877 g/mol. The average molecular weight is 944 g/mol. The van der Waals surface area contributed by atoms with E-state index in [0.29, 0.717) is 12.1 Å². The fraction of sp³-hybridized carbons (Fsp3) is 0.327. The third-order valence-corrected chi connectivity index (χ3v) is 13.2. The molecule has 4 heterocycles. The quantitative estimate of drug-likeness (QED) is 0.123. The van der Waals surface area contributed by atoms with Gasteiger partial charge >= 0.3 is 33.3 Å². The van der Waals surface area contributed by atoms with Crippen LogP contribution in [0.3, 0.4) is 0 Å². The second-order valence-corrected chi connectivity index (χ2v) is 19.8. The van der Waals surface area contributed by atoms with Gasteiger partial charge < -0.3 is 39.3 Å². The third-order valence-electron chi connectivity index (χ3n) is 12.7. The summed E-state index contributed by atoms with van der Waals surface area (Å²) in [7, 11) is -0.927. The third kappa shape index (κ3) is 10.8. The van der Waals surface area contributed by atoms with Gasteiger partial charge in [0.1, 0.15) is 0 Å². The van der Waals surface area contributed by atoms with Crippen LogP contribution in [0.15, 0.2) is 150 Å². The van der Waals surface area contributed by atoms with E-state index in [0.717, 1.165) is 71.3 Å². The van der Waals surface area contributed by atoms with Gasteiger partial charge in [-0.15, -0.1) is 0 Å². The minimum absolute atomic E-state index is 0. The van der Waals surface area contributed by atoms with Crippen LogP contribution in [0.4, 0.5) is 0 Å². The first-order valence-electron chi connectivity index (χ1n) is 23.7. The van der Waals surface area contributed by atoms with Crippen molar-refractivity contribution in [3.05, 3.63) is 157 Å². The molecule has 0 atom stereocenters. The molecule has 0 saturated carbocycles. The Labute approximate surface area is 416 Å². The van der Waals surface area contributed by atoms with Gasteiger partial charge in [0.2, 0.25) is 0 Å². The normalized spacial score (nSPS) is 17.1. The van der Waals surface area contributed by atoms with E-state index in [2.05, 4.69) is 127 Å². The molecular formula is C55H64B2BrLiN2O5. The maximum Gasteiger partial charge on any atom is 1.00 e. The molecule has 2 aromatic heterocycles. The Kier molecular flexibility index (Phi) is 15.4. The van der Waals surface area contributed by atoms with Crippen LogP contribution in [0.1, 0.15) is 91.7 Å². The molecule has 0 unspecified atom stereocenters. The first kappa shape index (κ1) is 48.4. The van der Waals surface area contributed by atoms with Gasteiger partial charge in [0.15, 0.2) is 0 Å². The number of benzene rings is 6. The molecule has 6 aromatic carbocycles. The van der Waals surface area contributed by atoms with Crippen molar-refractivity contribution in [2.45, 2.75) is 118 Å². The zero-order valence-corrected chi connectivity index (χ0v) is 42.5. The van der Waals surface area contributed by atoms with E-state index < -0.39 is 14.4 Å². The molecule has 66 heavy (non-hydrogen) atoms. The Balaban J connectivity index is 0.000000171. The van der Waals surface area contributed by atoms with E-state index in [1.54, 1.807) is 0 Å². The van der Waals surface area contributed by atoms with Crippen LogP contribution in [0.2, 0.25) is 0 Å². The zero-order valence-electron chi connectivity index (χ0n) is 42.9. The number of rotatable bonds is 6. The Morgan fingerprint density at radius 3 is 1.42 bits per heavy atom. The number of nitrogens with zero attached hydrogens (tertiary/aromatic N) is 2. The van der Waals surface area contributed by atoms with Gasteiger partial charge in [-0.25, -0.2) is 0 Å². The largest absolute Gasteiger partial charge is 1.00 e. The number of hydrogen-bond acceptors (Lipinski definition) is 5. The summed E-state index contributed by atoms with van der Waals surface area (Å²) < 4.78 is 50.8. The van der Waals surface area contributed by atoms with Crippen LogP contribution in [0.25, 0.3) is 55.0 Å². The molecule has 2 aliphatic rings. The summed E-state index contributed by atoms with van der Waals surface area (Å²) in [6, 6.07) is 46.0. The minimum atomic E-state index is -0.523. The molecule has 8 aromatic rings.